The minimum atomic E-state index is 0.0550. The molecule has 0 spiro atoms. The van der Waals surface area contributed by atoms with E-state index in [0.29, 0.717) is 6.61 Å². The Morgan fingerprint density at radius 1 is 1.39 bits per heavy atom. The summed E-state index contributed by atoms with van der Waals surface area (Å²) >= 11 is 1.63. The topological polar surface area (TPSA) is 48.1 Å². The Morgan fingerprint density at radius 2 is 2.17 bits per heavy atom. The van der Waals surface area contributed by atoms with Crippen molar-refractivity contribution in [1.82, 2.24) is 4.98 Å². The fourth-order valence-electron chi connectivity index (χ4n) is 1.73. The Balaban J connectivity index is 2.05. The zero-order valence-electron chi connectivity index (χ0n) is 10.9. The first-order chi connectivity index (χ1) is 8.56. The first-order valence-corrected chi connectivity index (χ1v) is 6.84. The quantitative estimate of drug-likeness (QED) is 0.919. The lowest BCUT2D eigenvalue weighted by molar-refractivity contribution is 0.303. The second-order valence-corrected chi connectivity index (χ2v) is 5.43. The van der Waals surface area contributed by atoms with Crippen LogP contribution >= 0.6 is 11.3 Å². The van der Waals surface area contributed by atoms with Gasteiger partial charge in [0.05, 0.1) is 0 Å². The third kappa shape index (κ3) is 3.09. The zero-order chi connectivity index (χ0) is 13.1. The molecule has 2 N–H and O–H groups in total. The first kappa shape index (κ1) is 13.1. The van der Waals surface area contributed by atoms with Gasteiger partial charge in [-0.1, -0.05) is 12.1 Å². The van der Waals surface area contributed by atoms with Crippen LogP contribution in [0.25, 0.3) is 0 Å². The monoisotopic (exact) mass is 262 g/mol. The molecule has 0 radical (unpaired) electrons. The van der Waals surface area contributed by atoms with E-state index in [1.54, 1.807) is 11.3 Å². The molecule has 0 aliphatic rings. The third-order valence-electron chi connectivity index (χ3n) is 2.74. The molecule has 96 valence electrons. The van der Waals surface area contributed by atoms with Crippen LogP contribution < -0.4 is 10.5 Å². The maximum Gasteiger partial charge on any atom is 0.140 e. The lowest BCUT2D eigenvalue weighted by Gasteiger charge is -2.11. The van der Waals surface area contributed by atoms with Gasteiger partial charge in [0, 0.05) is 17.1 Å². The van der Waals surface area contributed by atoms with E-state index in [1.165, 1.54) is 0 Å². The number of ether oxygens (including phenoxy) is 1. The average Bonchev–Trinajstić information content (AvgIpc) is 2.73. The maximum absolute atomic E-state index is 5.85. The second-order valence-electron chi connectivity index (χ2n) is 4.48. The van der Waals surface area contributed by atoms with Crippen molar-refractivity contribution in [3.05, 3.63) is 45.4 Å². The Morgan fingerprint density at radius 3 is 2.72 bits per heavy atom. The summed E-state index contributed by atoms with van der Waals surface area (Å²) in [6.45, 7) is 6.53. The molecule has 0 aliphatic heterocycles. The SMILES string of the molecule is Cc1csc(COc2ccc(C(C)N)cc2C)n1. The average molecular weight is 262 g/mol. The van der Waals surface area contributed by atoms with Crippen molar-refractivity contribution in [3.63, 3.8) is 0 Å². The number of nitrogens with two attached hydrogens (primary N) is 1. The van der Waals surface area contributed by atoms with Crippen LogP contribution in [0.4, 0.5) is 0 Å². The third-order valence-corrected chi connectivity index (χ3v) is 3.68. The molecule has 18 heavy (non-hydrogen) atoms. The lowest BCUT2D eigenvalue weighted by atomic mass is 10.1. The molecule has 0 bridgehead atoms. The molecule has 3 nitrogen and oxygen atoms in total. The smallest absolute Gasteiger partial charge is 0.140 e. The van der Waals surface area contributed by atoms with Crippen LogP contribution in [-0.4, -0.2) is 4.98 Å². The highest BCUT2D eigenvalue weighted by Gasteiger charge is 2.05. The normalized spacial score (nSPS) is 12.4. The van der Waals surface area contributed by atoms with Gasteiger partial charge < -0.3 is 10.5 Å². The number of hydrogen-bond donors (Lipinski definition) is 1. The van der Waals surface area contributed by atoms with E-state index in [-0.39, 0.29) is 6.04 Å². The van der Waals surface area contributed by atoms with Crippen molar-refractivity contribution in [3.8, 4) is 5.75 Å². The fourth-order valence-corrected chi connectivity index (χ4v) is 2.41. The van der Waals surface area contributed by atoms with Gasteiger partial charge in [-0.05, 0) is 38.0 Å². The summed E-state index contributed by atoms with van der Waals surface area (Å²) < 4.78 is 5.78. The summed E-state index contributed by atoms with van der Waals surface area (Å²) in [6.07, 6.45) is 0. The number of aryl methyl sites for hydroxylation is 2. The van der Waals surface area contributed by atoms with Crippen molar-refractivity contribution in [2.45, 2.75) is 33.4 Å². The summed E-state index contributed by atoms with van der Waals surface area (Å²) in [6, 6.07) is 6.13. The molecule has 2 aromatic rings. The number of aromatic nitrogens is 1. The van der Waals surface area contributed by atoms with Crippen LogP contribution in [0.2, 0.25) is 0 Å². The van der Waals surface area contributed by atoms with Gasteiger partial charge in [-0.3, -0.25) is 0 Å². The van der Waals surface area contributed by atoms with Gasteiger partial charge in [0.2, 0.25) is 0 Å². The molecule has 1 unspecified atom stereocenters. The number of benzene rings is 1. The van der Waals surface area contributed by atoms with E-state index in [9.17, 15) is 0 Å². The van der Waals surface area contributed by atoms with Crippen molar-refractivity contribution in [2.24, 2.45) is 5.73 Å². The molecule has 1 aromatic heterocycles. The molecular formula is C14H18N2OS. The summed E-state index contributed by atoms with van der Waals surface area (Å²) in [7, 11) is 0. The van der Waals surface area contributed by atoms with Crippen LogP contribution in [0.15, 0.2) is 23.6 Å². The number of hydrogen-bond acceptors (Lipinski definition) is 4. The van der Waals surface area contributed by atoms with Crippen molar-refractivity contribution >= 4 is 11.3 Å². The van der Waals surface area contributed by atoms with Crippen LogP contribution in [0, 0.1) is 13.8 Å². The number of rotatable bonds is 4. The summed E-state index contributed by atoms with van der Waals surface area (Å²) in [5.41, 5.74) is 9.13. The summed E-state index contributed by atoms with van der Waals surface area (Å²) in [5.74, 6) is 0.896. The van der Waals surface area contributed by atoms with Crippen LogP contribution in [-0.2, 0) is 6.61 Å². The lowest BCUT2D eigenvalue weighted by Crippen LogP contribution is -2.05. The van der Waals surface area contributed by atoms with E-state index >= 15 is 0 Å². The summed E-state index contributed by atoms with van der Waals surface area (Å²) in [4.78, 5) is 4.37. The van der Waals surface area contributed by atoms with Crippen LogP contribution in [0.1, 0.15) is 34.8 Å². The highest BCUT2D eigenvalue weighted by molar-refractivity contribution is 7.09. The van der Waals surface area contributed by atoms with E-state index in [4.69, 9.17) is 10.5 Å². The Labute approximate surface area is 112 Å². The zero-order valence-corrected chi connectivity index (χ0v) is 11.8. The Kier molecular flexibility index (Phi) is 3.99. The van der Waals surface area contributed by atoms with Gasteiger partial charge in [-0.2, -0.15) is 0 Å². The van der Waals surface area contributed by atoms with E-state index in [0.717, 1.165) is 27.6 Å². The molecule has 0 saturated heterocycles. The molecule has 0 aliphatic carbocycles. The van der Waals surface area contributed by atoms with Gasteiger partial charge >= 0.3 is 0 Å². The molecule has 0 amide bonds. The van der Waals surface area contributed by atoms with Gasteiger partial charge in [-0.25, -0.2) is 4.98 Å². The van der Waals surface area contributed by atoms with E-state index < -0.39 is 0 Å². The standard InChI is InChI=1S/C14H18N2OS/c1-9-6-12(11(3)15)4-5-13(9)17-7-14-16-10(2)8-18-14/h4-6,8,11H,7,15H2,1-3H3. The predicted octanol–water partition coefficient (Wildman–Crippen LogP) is 3.36. The Hall–Kier alpha value is -1.39. The molecule has 1 atom stereocenters. The minimum absolute atomic E-state index is 0.0550. The molecule has 2 rings (SSSR count). The van der Waals surface area contributed by atoms with Crippen molar-refractivity contribution in [2.75, 3.05) is 0 Å². The van der Waals surface area contributed by atoms with Gasteiger partial charge in [0.15, 0.2) is 0 Å². The highest BCUT2D eigenvalue weighted by atomic mass is 32.1. The molecule has 0 saturated carbocycles. The maximum atomic E-state index is 5.85. The largest absolute Gasteiger partial charge is 0.486 e. The highest BCUT2D eigenvalue weighted by Crippen LogP contribution is 2.23. The predicted molar refractivity (Wildman–Crippen MR) is 75.0 cm³/mol. The number of nitrogens with zero attached hydrogens (tertiary/aromatic N) is 1. The van der Waals surface area contributed by atoms with E-state index in [2.05, 4.69) is 11.1 Å². The molecule has 1 aromatic carbocycles. The molecule has 4 heteroatoms. The van der Waals surface area contributed by atoms with Gasteiger partial charge in [0.1, 0.15) is 17.4 Å². The van der Waals surface area contributed by atoms with Crippen LogP contribution in [0.5, 0.6) is 5.75 Å². The minimum Gasteiger partial charge on any atom is -0.486 e. The van der Waals surface area contributed by atoms with Crippen molar-refractivity contribution in [1.29, 1.82) is 0 Å². The Bertz CT molecular complexity index is 534. The fraction of sp³-hybridized carbons (Fsp3) is 0.357. The van der Waals surface area contributed by atoms with Crippen molar-refractivity contribution < 1.29 is 4.74 Å². The van der Waals surface area contributed by atoms with Crippen LogP contribution in [0.3, 0.4) is 0 Å². The molecule has 0 fully saturated rings. The summed E-state index contributed by atoms with van der Waals surface area (Å²) in [5, 5.41) is 3.04. The van der Waals surface area contributed by atoms with Gasteiger partial charge in [-0.15, -0.1) is 11.3 Å². The van der Waals surface area contributed by atoms with Gasteiger partial charge in [0.25, 0.3) is 0 Å². The molecular weight excluding hydrogens is 244 g/mol. The second kappa shape index (κ2) is 5.50. The van der Waals surface area contributed by atoms with E-state index in [1.807, 2.05) is 38.3 Å². The molecule has 1 heterocycles. The first-order valence-electron chi connectivity index (χ1n) is 5.96. The number of thiazole rings is 1.